The fourth-order valence-electron chi connectivity index (χ4n) is 3.91. The molecular formula is C15H17NO2. The van der Waals surface area contributed by atoms with Gasteiger partial charge in [-0.1, -0.05) is 30.3 Å². The number of carbonyl (C=O) groups excluding carboxylic acids is 1. The number of hydrogen-bond donors (Lipinski definition) is 0. The highest BCUT2D eigenvalue weighted by Crippen LogP contribution is 2.44. The van der Waals surface area contributed by atoms with Gasteiger partial charge in [0.05, 0.1) is 18.8 Å². The van der Waals surface area contributed by atoms with Gasteiger partial charge >= 0.3 is 0 Å². The Hall–Kier alpha value is -1.19. The van der Waals surface area contributed by atoms with Crippen LogP contribution in [0.3, 0.4) is 0 Å². The molecule has 0 radical (unpaired) electrons. The minimum Gasteiger partial charge on any atom is -0.376 e. The molecule has 4 atom stereocenters. The van der Waals surface area contributed by atoms with Crippen molar-refractivity contribution in [2.45, 2.75) is 37.6 Å². The third-order valence-corrected chi connectivity index (χ3v) is 4.68. The molecule has 3 heterocycles. The van der Waals surface area contributed by atoms with Crippen molar-refractivity contribution in [2.75, 3.05) is 6.61 Å². The fourth-order valence-corrected chi connectivity index (χ4v) is 3.91. The van der Waals surface area contributed by atoms with Crippen LogP contribution in [-0.4, -0.2) is 35.5 Å². The number of rotatable bonds is 2. The van der Waals surface area contributed by atoms with Crippen LogP contribution in [0.5, 0.6) is 0 Å². The van der Waals surface area contributed by atoms with E-state index in [1.54, 1.807) is 0 Å². The molecule has 18 heavy (non-hydrogen) atoms. The normalized spacial score (nSPS) is 38.3. The Morgan fingerprint density at radius 2 is 2.11 bits per heavy atom. The Labute approximate surface area is 107 Å². The number of ketones is 1. The minimum atomic E-state index is 0.153. The molecule has 3 aliphatic rings. The van der Waals surface area contributed by atoms with E-state index >= 15 is 0 Å². The first-order valence-electron chi connectivity index (χ1n) is 6.77. The van der Waals surface area contributed by atoms with Crippen molar-refractivity contribution < 1.29 is 9.53 Å². The zero-order valence-electron chi connectivity index (χ0n) is 10.3. The van der Waals surface area contributed by atoms with E-state index < -0.39 is 0 Å². The van der Waals surface area contributed by atoms with Crippen LogP contribution >= 0.6 is 0 Å². The summed E-state index contributed by atoms with van der Waals surface area (Å²) < 4.78 is 5.78. The van der Waals surface area contributed by atoms with Gasteiger partial charge in [-0.05, 0) is 12.0 Å². The SMILES string of the molecule is O=C1C[C@@H]2OC[C@@H]3C[C@H]1N(Cc1ccccc1)[C@@H]32. The Balaban J connectivity index is 1.63. The zero-order chi connectivity index (χ0) is 12.1. The van der Waals surface area contributed by atoms with Crippen LogP contribution in [0.4, 0.5) is 0 Å². The smallest absolute Gasteiger partial charge is 0.152 e. The summed E-state index contributed by atoms with van der Waals surface area (Å²) in [5.41, 5.74) is 1.29. The van der Waals surface area contributed by atoms with Gasteiger partial charge in [-0.3, -0.25) is 9.69 Å². The molecule has 0 amide bonds. The van der Waals surface area contributed by atoms with Crippen molar-refractivity contribution in [3.63, 3.8) is 0 Å². The second-order valence-electron chi connectivity index (χ2n) is 5.70. The molecular weight excluding hydrogens is 226 g/mol. The van der Waals surface area contributed by atoms with Gasteiger partial charge < -0.3 is 4.74 Å². The monoisotopic (exact) mass is 243 g/mol. The van der Waals surface area contributed by atoms with Crippen LogP contribution in [0.25, 0.3) is 0 Å². The Morgan fingerprint density at radius 3 is 2.94 bits per heavy atom. The first-order chi connectivity index (χ1) is 8.83. The molecule has 3 nitrogen and oxygen atoms in total. The quantitative estimate of drug-likeness (QED) is 0.790. The van der Waals surface area contributed by atoms with Crippen LogP contribution in [0.15, 0.2) is 30.3 Å². The third-order valence-electron chi connectivity index (χ3n) is 4.68. The fraction of sp³-hybridized carbons (Fsp3) is 0.533. The number of Topliss-reactive ketones (excluding diaryl/α,β-unsaturated/α-hetero) is 1. The molecule has 94 valence electrons. The third kappa shape index (κ3) is 1.47. The van der Waals surface area contributed by atoms with E-state index in [9.17, 15) is 4.79 Å². The molecule has 1 aromatic rings. The second-order valence-corrected chi connectivity index (χ2v) is 5.70. The van der Waals surface area contributed by atoms with Crippen molar-refractivity contribution in [3.05, 3.63) is 35.9 Å². The zero-order valence-corrected chi connectivity index (χ0v) is 10.3. The molecule has 3 heteroatoms. The number of carbonyl (C=O) groups is 1. The molecule has 0 N–H and O–H groups in total. The number of fused-ring (bicyclic) bond motifs is 1. The summed E-state index contributed by atoms with van der Waals surface area (Å²) in [7, 11) is 0. The van der Waals surface area contributed by atoms with Crippen LogP contribution < -0.4 is 0 Å². The lowest BCUT2D eigenvalue weighted by Crippen LogP contribution is -2.51. The van der Waals surface area contributed by atoms with E-state index in [0.717, 1.165) is 19.6 Å². The lowest BCUT2D eigenvalue weighted by atomic mass is 9.97. The molecule has 1 aromatic carbocycles. The van der Waals surface area contributed by atoms with Crippen molar-refractivity contribution in [1.29, 1.82) is 0 Å². The molecule has 3 saturated heterocycles. The average Bonchev–Trinajstić information content (AvgIpc) is 2.88. The Bertz CT molecular complexity index is 473. The summed E-state index contributed by atoms with van der Waals surface area (Å²) >= 11 is 0. The van der Waals surface area contributed by atoms with E-state index in [4.69, 9.17) is 4.74 Å². The number of nitrogens with zero attached hydrogens (tertiary/aromatic N) is 1. The van der Waals surface area contributed by atoms with Gasteiger partial charge in [-0.2, -0.15) is 0 Å². The minimum absolute atomic E-state index is 0.153. The molecule has 2 bridgehead atoms. The van der Waals surface area contributed by atoms with Crippen LogP contribution in [0, 0.1) is 5.92 Å². The molecule has 3 fully saturated rings. The topological polar surface area (TPSA) is 29.5 Å². The highest BCUT2D eigenvalue weighted by molar-refractivity contribution is 5.86. The van der Waals surface area contributed by atoms with Crippen LogP contribution in [0.1, 0.15) is 18.4 Å². The van der Waals surface area contributed by atoms with Gasteiger partial charge in [0.15, 0.2) is 5.78 Å². The van der Waals surface area contributed by atoms with E-state index in [1.807, 2.05) is 6.07 Å². The number of ether oxygens (including phenoxy) is 1. The number of benzene rings is 1. The molecule has 0 saturated carbocycles. The lowest BCUT2D eigenvalue weighted by Gasteiger charge is -2.36. The maximum Gasteiger partial charge on any atom is 0.152 e. The first-order valence-corrected chi connectivity index (χ1v) is 6.77. The van der Waals surface area contributed by atoms with E-state index in [2.05, 4.69) is 29.2 Å². The summed E-state index contributed by atoms with van der Waals surface area (Å²) in [6.07, 6.45) is 1.80. The van der Waals surface area contributed by atoms with Gasteiger partial charge in [0.25, 0.3) is 0 Å². The highest BCUT2D eigenvalue weighted by atomic mass is 16.5. The largest absolute Gasteiger partial charge is 0.376 e. The maximum absolute atomic E-state index is 12.1. The summed E-state index contributed by atoms with van der Waals surface area (Å²) in [6.45, 7) is 1.74. The predicted molar refractivity (Wildman–Crippen MR) is 67.0 cm³/mol. The molecule has 0 spiro atoms. The van der Waals surface area contributed by atoms with Gasteiger partial charge in [0.2, 0.25) is 0 Å². The lowest BCUT2D eigenvalue weighted by molar-refractivity contribution is -0.132. The molecule has 4 rings (SSSR count). The Morgan fingerprint density at radius 1 is 1.28 bits per heavy atom. The van der Waals surface area contributed by atoms with Crippen LogP contribution in [-0.2, 0) is 16.1 Å². The summed E-state index contributed by atoms with van der Waals surface area (Å²) in [5, 5.41) is 0. The van der Waals surface area contributed by atoms with Crippen molar-refractivity contribution >= 4 is 5.78 Å². The van der Waals surface area contributed by atoms with Gasteiger partial charge in [0, 0.05) is 24.9 Å². The maximum atomic E-state index is 12.1. The molecule has 0 aromatic heterocycles. The van der Waals surface area contributed by atoms with E-state index in [1.165, 1.54) is 5.56 Å². The summed E-state index contributed by atoms with van der Waals surface area (Å²) in [6, 6.07) is 11.1. The Kier molecular flexibility index (Phi) is 2.32. The van der Waals surface area contributed by atoms with Crippen LogP contribution in [0.2, 0.25) is 0 Å². The summed E-state index contributed by atoms with van der Waals surface area (Å²) in [5.74, 6) is 0.963. The van der Waals surface area contributed by atoms with Crippen molar-refractivity contribution in [3.8, 4) is 0 Å². The first kappa shape index (κ1) is 10.7. The van der Waals surface area contributed by atoms with E-state index in [0.29, 0.717) is 24.2 Å². The molecule has 0 unspecified atom stereocenters. The second kappa shape index (κ2) is 3.90. The number of hydrogen-bond acceptors (Lipinski definition) is 3. The molecule has 0 aliphatic carbocycles. The number of piperidine rings is 1. The van der Waals surface area contributed by atoms with E-state index in [-0.39, 0.29) is 12.1 Å². The standard InChI is InChI=1S/C15H17NO2/c17-13-7-14-15-11(9-18-14)6-12(13)16(15)8-10-4-2-1-3-5-10/h1-5,11-12,14-15H,6-9H2/t11-,12+,14-,15-/m0/s1. The summed E-state index contributed by atoms with van der Waals surface area (Å²) in [4.78, 5) is 14.5. The average molecular weight is 243 g/mol. The van der Waals surface area contributed by atoms with Crippen molar-refractivity contribution in [1.82, 2.24) is 4.90 Å². The molecule has 3 aliphatic heterocycles. The van der Waals surface area contributed by atoms with Gasteiger partial charge in [0.1, 0.15) is 0 Å². The predicted octanol–water partition coefficient (Wildman–Crippen LogP) is 1.62. The van der Waals surface area contributed by atoms with Gasteiger partial charge in [-0.25, -0.2) is 0 Å². The van der Waals surface area contributed by atoms with Crippen molar-refractivity contribution in [2.24, 2.45) is 5.92 Å². The highest BCUT2D eigenvalue weighted by Gasteiger charge is 2.55. The van der Waals surface area contributed by atoms with Gasteiger partial charge in [-0.15, -0.1) is 0 Å².